The average Bonchev–Trinajstić information content (AvgIpc) is 2.26. The summed E-state index contributed by atoms with van der Waals surface area (Å²) in [7, 11) is -1.71. The minimum Gasteiger partial charge on any atom is -0.311 e. The predicted molar refractivity (Wildman–Crippen MR) is 56.6 cm³/mol. The maximum absolute atomic E-state index is 11.0. The molecule has 0 spiro atoms. The van der Waals surface area contributed by atoms with E-state index >= 15 is 0 Å². The first-order valence-corrected chi connectivity index (χ1v) is 6.15. The topological polar surface area (TPSA) is 84.0 Å². The molecule has 0 aliphatic carbocycles. The lowest BCUT2D eigenvalue weighted by atomic mass is 10.3. The van der Waals surface area contributed by atoms with Crippen molar-refractivity contribution in [1.82, 2.24) is 20.0 Å². The molecule has 2 N–H and O–H groups in total. The van der Waals surface area contributed by atoms with Gasteiger partial charge >= 0.3 is 0 Å². The molecule has 0 fully saturated rings. The zero-order valence-electron chi connectivity index (χ0n) is 8.47. The Labute approximate surface area is 89.2 Å². The van der Waals surface area contributed by atoms with Gasteiger partial charge in [-0.15, -0.1) is 0 Å². The van der Waals surface area contributed by atoms with Crippen LogP contribution in [0.5, 0.6) is 0 Å². The maximum Gasteiger partial charge on any atom is 0.212 e. The molecule has 1 aromatic heterocycles. The first-order valence-electron chi connectivity index (χ1n) is 4.50. The number of hydrogen-bond acceptors (Lipinski definition) is 5. The molecule has 84 valence electrons. The molecule has 0 amide bonds. The van der Waals surface area contributed by atoms with Gasteiger partial charge in [-0.3, -0.25) is 0 Å². The van der Waals surface area contributed by atoms with Gasteiger partial charge in [0.1, 0.15) is 6.33 Å². The number of hydrogen-bond donors (Lipinski definition) is 2. The van der Waals surface area contributed by atoms with Crippen molar-refractivity contribution in [1.29, 1.82) is 0 Å². The quantitative estimate of drug-likeness (QED) is 0.620. The van der Waals surface area contributed by atoms with E-state index in [0.717, 1.165) is 5.56 Å². The molecule has 1 rings (SSSR count). The molecule has 0 saturated carbocycles. The van der Waals surface area contributed by atoms with Crippen LogP contribution in [0.1, 0.15) is 5.56 Å². The van der Waals surface area contributed by atoms with E-state index in [0.29, 0.717) is 13.1 Å². The zero-order chi connectivity index (χ0) is 11.1. The summed E-state index contributed by atoms with van der Waals surface area (Å²) >= 11 is 0. The largest absolute Gasteiger partial charge is 0.311 e. The third kappa shape index (κ3) is 4.82. The van der Waals surface area contributed by atoms with E-state index in [9.17, 15) is 8.42 Å². The molecule has 0 aliphatic rings. The van der Waals surface area contributed by atoms with Crippen molar-refractivity contribution >= 4 is 10.0 Å². The van der Waals surface area contributed by atoms with Crippen LogP contribution in [0.2, 0.25) is 0 Å². The van der Waals surface area contributed by atoms with Crippen LogP contribution >= 0.6 is 0 Å². The molecule has 6 nitrogen and oxygen atoms in total. The Morgan fingerprint density at radius 2 is 2.00 bits per heavy atom. The molecule has 15 heavy (non-hydrogen) atoms. The van der Waals surface area contributed by atoms with Crippen molar-refractivity contribution in [2.75, 3.05) is 19.3 Å². The van der Waals surface area contributed by atoms with Gasteiger partial charge in [-0.25, -0.2) is 23.1 Å². The molecule has 0 bridgehead atoms. The molecular formula is C8H14N4O2S. The van der Waals surface area contributed by atoms with Gasteiger partial charge in [0.15, 0.2) is 0 Å². The van der Waals surface area contributed by atoms with E-state index in [1.54, 1.807) is 12.4 Å². The lowest BCUT2D eigenvalue weighted by molar-refractivity contribution is 0.583. The molecule has 0 aliphatic heterocycles. The van der Waals surface area contributed by atoms with Gasteiger partial charge in [-0.05, 0) is 7.05 Å². The number of rotatable bonds is 6. The number of sulfonamides is 1. The highest BCUT2D eigenvalue weighted by molar-refractivity contribution is 7.89. The molecule has 0 atom stereocenters. The van der Waals surface area contributed by atoms with Crippen LogP contribution in [0.3, 0.4) is 0 Å². The molecule has 0 unspecified atom stereocenters. The zero-order valence-corrected chi connectivity index (χ0v) is 9.29. The van der Waals surface area contributed by atoms with Crippen LogP contribution in [0.15, 0.2) is 18.7 Å². The van der Waals surface area contributed by atoms with E-state index in [4.69, 9.17) is 0 Å². The third-order valence-corrected chi connectivity index (χ3v) is 3.17. The minimum absolute atomic E-state index is 0.0667. The second-order valence-electron chi connectivity index (χ2n) is 2.95. The summed E-state index contributed by atoms with van der Waals surface area (Å²) < 4.78 is 24.3. The van der Waals surface area contributed by atoms with Crippen LogP contribution in [0, 0.1) is 0 Å². The fourth-order valence-corrected chi connectivity index (χ4v) is 1.58. The van der Waals surface area contributed by atoms with Gasteiger partial charge in [0, 0.05) is 31.0 Å². The van der Waals surface area contributed by atoms with Crippen molar-refractivity contribution in [3.8, 4) is 0 Å². The molecule has 0 aromatic carbocycles. The Bertz CT molecular complexity index is 379. The maximum atomic E-state index is 11.0. The molecule has 7 heteroatoms. The lowest BCUT2D eigenvalue weighted by Crippen LogP contribution is -2.29. The summed E-state index contributed by atoms with van der Waals surface area (Å²) in [4.78, 5) is 7.69. The van der Waals surface area contributed by atoms with Gasteiger partial charge in [-0.2, -0.15) is 0 Å². The van der Waals surface area contributed by atoms with Crippen molar-refractivity contribution < 1.29 is 8.42 Å². The SMILES string of the molecule is CNS(=O)(=O)CCNCc1cncnc1. The van der Waals surface area contributed by atoms with Crippen LogP contribution in [-0.4, -0.2) is 37.7 Å². The fraction of sp³-hybridized carbons (Fsp3) is 0.500. The van der Waals surface area contributed by atoms with Crippen LogP contribution < -0.4 is 10.0 Å². The highest BCUT2D eigenvalue weighted by atomic mass is 32.2. The molecule has 1 heterocycles. The van der Waals surface area contributed by atoms with Gasteiger partial charge in [-0.1, -0.05) is 0 Å². The van der Waals surface area contributed by atoms with E-state index in [1.807, 2.05) is 0 Å². The second kappa shape index (κ2) is 5.74. The van der Waals surface area contributed by atoms with Crippen molar-refractivity contribution in [2.45, 2.75) is 6.54 Å². The van der Waals surface area contributed by atoms with Crippen molar-refractivity contribution in [2.24, 2.45) is 0 Å². The predicted octanol–water partition coefficient (Wildman–Crippen LogP) is -0.885. The summed E-state index contributed by atoms with van der Waals surface area (Å²) in [5.74, 6) is 0.0667. The molecular weight excluding hydrogens is 216 g/mol. The summed E-state index contributed by atoms with van der Waals surface area (Å²) in [6, 6.07) is 0. The van der Waals surface area contributed by atoms with Crippen LogP contribution in [0.25, 0.3) is 0 Å². The van der Waals surface area contributed by atoms with E-state index < -0.39 is 10.0 Å². The highest BCUT2D eigenvalue weighted by Crippen LogP contribution is 1.91. The molecule has 1 aromatic rings. The molecule has 0 radical (unpaired) electrons. The number of nitrogens with zero attached hydrogens (tertiary/aromatic N) is 2. The number of nitrogens with one attached hydrogen (secondary N) is 2. The van der Waals surface area contributed by atoms with E-state index in [2.05, 4.69) is 20.0 Å². The van der Waals surface area contributed by atoms with E-state index in [1.165, 1.54) is 13.4 Å². The van der Waals surface area contributed by atoms with Gasteiger partial charge in [0.2, 0.25) is 10.0 Å². The lowest BCUT2D eigenvalue weighted by Gasteiger charge is -2.04. The normalized spacial score (nSPS) is 11.5. The first-order chi connectivity index (χ1) is 7.14. The summed E-state index contributed by atoms with van der Waals surface area (Å²) in [5.41, 5.74) is 0.930. The van der Waals surface area contributed by atoms with Crippen molar-refractivity contribution in [3.63, 3.8) is 0 Å². The average molecular weight is 230 g/mol. The Morgan fingerprint density at radius 3 is 2.60 bits per heavy atom. The van der Waals surface area contributed by atoms with Crippen LogP contribution in [0.4, 0.5) is 0 Å². The Balaban J connectivity index is 2.24. The minimum atomic E-state index is -3.12. The van der Waals surface area contributed by atoms with Gasteiger partial charge < -0.3 is 5.32 Å². The Hall–Kier alpha value is -1.05. The fourth-order valence-electron chi connectivity index (χ4n) is 0.963. The van der Waals surface area contributed by atoms with Gasteiger partial charge in [0.05, 0.1) is 5.75 Å². The van der Waals surface area contributed by atoms with E-state index in [-0.39, 0.29) is 5.75 Å². The van der Waals surface area contributed by atoms with Crippen molar-refractivity contribution in [3.05, 3.63) is 24.3 Å². The van der Waals surface area contributed by atoms with Gasteiger partial charge in [0.25, 0.3) is 0 Å². The highest BCUT2D eigenvalue weighted by Gasteiger charge is 2.04. The third-order valence-electron chi connectivity index (χ3n) is 1.80. The smallest absolute Gasteiger partial charge is 0.212 e. The summed E-state index contributed by atoms with van der Waals surface area (Å²) in [6.45, 7) is 0.970. The standard InChI is InChI=1S/C8H14N4O2S/c1-9-15(13,14)3-2-10-4-8-5-11-7-12-6-8/h5-7,9-10H,2-4H2,1H3. The Morgan fingerprint density at radius 1 is 1.33 bits per heavy atom. The summed E-state index contributed by atoms with van der Waals surface area (Å²) in [5, 5.41) is 2.99. The van der Waals surface area contributed by atoms with Crippen LogP contribution in [-0.2, 0) is 16.6 Å². The first kappa shape index (κ1) is 12.0. The Kier molecular flexibility index (Phi) is 4.60. The molecule has 0 saturated heterocycles. The number of aromatic nitrogens is 2. The second-order valence-corrected chi connectivity index (χ2v) is 4.99. The monoisotopic (exact) mass is 230 g/mol. The summed E-state index contributed by atoms with van der Waals surface area (Å²) in [6.07, 6.45) is 4.83.